The molecule has 0 saturated carbocycles. The summed E-state index contributed by atoms with van der Waals surface area (Å²) in [6.45, 7) is 8.63. The van der Waals surface area contributed by atoms with E-state index in [4.69, 9.17) is 5.73 Å². The van der Waals surface area contributed by atoms with Gasteiger partial charge in [0.1, 0.15) is 6.04 Å². The van der Waals surface area contributed by atoms with Crippen molar-refractivity contribution in [3.05, 3.63) is 65.2 Å². The first kappa shape index (κ1) is 18.6. The second-order valence-electron chi connectivity index (χ2n) is 7.86. The van der Waals surface area contributed by atoms with Gasteiger partial charge in [0.05, 0.1) is 0 Å². The second-order valence-corrected chi connectivity index (χ2v) is 7.86. The monoisotopic (exact) mass is 351 g/mol. The fourth-order valence-corrected chi connectivity index (χ4v) is 3.68. The van der Waals surface area contributed by atoms with Crippen molar-refractivity contribution in [1.82, 2.24) is 4.90 Å². The fraction of sp³-hybridized carbons (Fsp3) is 0.409. The molecule has 4 heteroatoms. The van der Waals surface area contributed by atoms with Crippen LogP contribution in [0.25, 0.3) is 0 Å². The van der Waals surface area contributed by atoms with Crippen LogP contribution >= 0.6 is 0 Å². The average molecular weight is 351 g/mol. The maximum Gasteiger partial charge on any atom is 0.246 e. The van der Waals surface area contributed by atoms with Gasteiger partial charge in [0.25, 0.3) is 0 Å². The lowest BCUT2D eigenvalue weighted by molar-refractivity contribution is -0.121. The van der Waals surface area contributed by atoms with E-state index in [2.05, 4.69) is 23.2 Å². The summed E-state index contributed by atoms with van der Waals surface area (Å²) in [7, 11) is 0. The normalized spacial score (nSPS) is 21.5. The molecule has 2 unspecified atom stereocenters. The number of aryl methyl sites for hydroxylation is 2. The van der Waals surface area contributed by atoms with E-state index in [9.17, 15) is 4.79 Å². The Morgan fingerprint density at radius 3 is 2.62 bits per heavy atom. The third-order valence-corrected chi connectivity index (χ3v) is 5.46. The van der Waals surface area contributed by atoms with Crippen LogP contribution in [0, 0.1) is 19.3 Å². The largest absolute Gasteiger partial charge is 0.330 e. The molecule has 0 aliphatic carbocycles. The first-order chi connectivity index (χ1) is 12.4. The molecule has 26 heavy (non-hydrogen) atoms. The molecule has 3 N–H and O–H groups in total. The lowest BCUT2D eigenvalue weighted by Gasteiger charge is -2.29. The van der Waals surface area contributed by atoms with Crippen LogP contribution in [0.4, 0.5) is 5.69 Å². The Morgan fingerprint density at radius 2 is 1.96 bits per heavy atom. The van der Waals surface area contributed by atoms with E-state index in [1.165, 1.54) is 0 Å². The number of anilines is 1. The smallest absolute Gasteiger partial charge is 0.246 e. The van der Waals surface area contributed by atoms with Crippen LogP contribution < -0.4 is 11.1 Å². The standard InChI is InChI=1S/C22H29N3O/c1-16-9-10-17(2)19(13-16)24-21(26)20(18-7-5-4-6-8-18)25-12-11-22(3,14-23)15-25/h4-10,13,20H,11-12,14-15,23H2,1-3H3,(H,24,26). The van der Waals surface area contributed by atoms with Crippen molar-refractivity contribution in [2.75, 3.05) is 25.0 Å². The van der Waals surface area contributed by atoms with E-state index >= 15 is 0 Å². The van der Waals surface area contributed by atoms with Gasteiger partial charge >= 0.3 is 0 Å². The number of likely N-dealkylation sites (tertiary alicyclic amines) is 1. The molecule has 1 heterocycles. The quantitative estimate of drug-likeness (QED) is 0.864. The summed E-state index contributed by atoms with van der Waals surface area (Å²) in [5.74, 6) is 0.0196. The molecule has 1 fully saturated rings. The molecular weight excluding hydrogens is 322 g/mol. The number of amides is 1. The van der Waals surface area contributed by atoms with Gasteiger partial charge in [0.15, 0.2) is 0 Å². The zero-order valence-electron chi connectivity index (χ0n) is 16.0. The summed E-state index contributed by atoms with van der Waals surface area (Å²) in [5.41, 5.74) is 10.2. The Bertz CT molecular complexity index is 774. The Balaban J connectivity index is 1.88. The highest BCUT2D eigenvalue weighted by Crippen LogP contribution is 2.35. The predicted molar refractivity (Wildman–Crippen MR) is 107 cm³/mol. The van der Waals surface area contributed by atoms with Crippen molar-refractivity contribution in [1.29, 1.82) is 0 Å². The molecule has 1 aliphatic heterocycles. The topological polar surface area (TPSA) is 58.4 Å². The number of hydrogen-bond acceptors (Lipinski definition) is 3. The molecule has 0 radical (unpaired) electrons. The molecule has 2 aromatic carbocycles. The van der Waals surface area contributed by atoms with E-state index < -0.39 is 0 Å². The van der Waals surface area contributed by atoms with Gasteiger partial charge in [0, 0.05) is 12.2 Å². The van der Waals surface area contributed by atoms with Crippen molar-refractivity contribution in [2.45, 2.75) is 33.2 Å². The Labute approximate surface area is 156 Å². The molecule has 138 valence electrons. The number of rotatable bonds is 5. The van der Waals surface area contributed by atoms with E-state index in [0.29, 0.717) is 6.54 Å². The highest BCUT2D eigenvalue weighted by atomic mass is 16.2. The SMILES string of the molecule is Cc1ccc(C)c(NC(=O)C(c2ccccc2)N2CCC(C)(CN)C2)c1. The van der Waals surface area contributed by atoms with Gasteiger partial charge in [-0.3, -0.25) is 9.69 Å². The van der Waals surface area contributed by atoms with Crippen LogP contribution in [0.1, 0.15) is 36.1 Å². The molecule has 1 aliphatic rings. The van der Waals surface area contributed by atoms with Crippen LogP contribution in [-0.2, 0) is 4.79 Å². The number of carbonyl (C=O) groups excluding carboxylic acids is 1. The Hall–Kier alpha value is -2.17. The summed E-state index contributed by atoms with van der Waals surface area (Å²) in [5, 5.41) is 3.16. The summed E-state index contributed by atoms with van der Waals surface area (Å²) in [4.78, 5) is 15.5. The minimum atomic E-state index is -0.301. The Kier molecular flexibility index (Phi) is 5.44. The molecule has 0 aromatic heterocycles. The molecule has 0 bridgehead atoms. The Morgan fingerprint density at radius 1 is 1.23 bits per heavy atom. The van der Waals surface area contributed by atoms with Crippen LogP contribution in [-0.4, -0.2) is 30.4 Å². The highest BCUT2D eigenvalue weighted by molar-refractivity contribution is 5.96. The number of hydrogen-bond donors (Lipinski definition) is 2. The maximum absolute atomic E-state index is 13.3. The third kappa shape index (κ3) is 3.97. The van der Waals surface area contributed by atoms with Crippen LogP contribution in [0.15, 0.2) is 48.5 Å². The van der Waals surface area contributed by atoms with Crippen LogP contribution in [0.5, 0.6) is 0 Å². The fourth-order valence-electron chi connectivity index (χ4n) is 3.68. The minimum absolute atomic E-state index is 0.0196. The lowest BCUT2D eigenvalue weighted by atomic mass is 9.90. The summed E-state index contributed by atoms with van der Waals surface area (Å²) in [6.07, 6.45) is 1.02. The van der Waals surface area contributed by atoms with Crippen molar-refractivity contribution >= 4 is 11.6 Å². The molecule has 2 atom stereocenters. The van der Waals surface area contributed by atoms with Crippen molar-refractivity contribution in [3.63, 3.8) is 0 Å². The average Bonchev–Trinajstić information content (AvgIpc) is 3.02. The van der Waals surface area contributed by atoms with E-state index in [0.717, 1.165) is 41.9 Å². The van der Waals surface area contributed by atoms with Gasteiger partial charge in [0.2, 0.25) is 5.91 Å². The minimum Gasteiger partial charge on any atom is -0.330 e. The zero-order valence-corrected chi connectivity index (χ0v) is 16.0. The van der Waals surface area contributed by atoms with Gasteiger partial charge in [-0.15, -0.1) is 0 Å². The summed E-state index contributed by atoms with van der Waals surface area (Å²) >= 11 is 0. The van der Waals surface area contributed by atoms with Gasteiger partial charge in [-0.2, -0.15) is 0 Å². The zero-order chi connectivity index (χ0) is 18.7. The molecule has 0 spiro atoms. The lowest BCUT2D eigenvalue weighted by Crippen LogP contribution is -2.38. The number of nitrogens with zero attached hydrogens (tertiary/aromatic N) is 1. The number of nitrogens with one attached hydrogen (secondary N) is 1. The molecule has 4 nitrogen and oxygen atoms in total. The van der Waals surface area contributed by atoms with Gasteiger partial charge in [-0.25, -0.2) is 0 Å². The third-order valence-electron chi connectivity index (χ3n) is 5.46. The van der Waals surface area contributed by atoms with E-state index in [-0.39, 0.29) is 17.4 Å². The molecule has 1 amide bonds. The number of benzene rings is 2. The number of nitrogens with two attached hydrogens (primary N) is 1. The van der Waals surface area contributed by atoms with Gasteiger partial charge in [-0.1, -0.05) is 49.4 Å². The first-order valence-corrected chi connectivity index (χ1v) is 9.29. The number of carbonyl (C=O) groups is 1. The van der Waals surface area contributed by atoms with Crippen LogP contribution in [0.3, 0.4) is 0 Å². The molecule has 1 saturated heterocycles. The summed E-state index contributed by atoms with van der Waals surface area (Å²) in [6, 6.07) is 15.9. The second kappa shape index (κ2) is 7.60. The van der Waals surface area contributed by atoms with Gasteiger partial charge < -0.3 is 11.1 Å². The van der Waals surface area contributed by atoms with Gasteiger partial charge in [-0.05, 0) is 61.5 Å². The van der Waals surface area contributed by atoms with E-state index in [1.807, 2.05) is 56.3 Å². The highest BCUT2D eigenvalue weighted by Gasteiger charge is 2.39. The van der Waals surface area contributed by atoms with Crippen LogP contribution in [0.2, 0.25) is 0 Å². The van der Waals surface area contributed by atoms with Crippen molar-refractivity contribution < 1.29 is 4.79 Å². The molecular formula is C22H29N3O. The summed E-state index contributed by atoms with van der Waals surface area (Å²) < 4.78 is 0. The molecule has 2 aromatic rings. The maximum atomic E-state index is 13.3. The van der Waals surface area contributed by atoms with E-state index in [1.54, 1.807) is 0 Å². The predicted octanol–water partition coefficient (Wildman–Crippen LogP) is 3.65. The first-order valence-electron chi connectivity index (χ1n) is 9.29. The van der Waals surface area contributed by atoms with Crippen molar-refractivity contribution in [2.24, 2.45) is 11.1 Å². The molecule has 3 rings (SSSR count). The van der Waals surface area contributed by atoms with Crippen molar-refractivity contribution in [3.8, 4) is 0 Å².